The highest BCUT2D eigenvalue weighted by atomic mass is 16.5. The Morgan fingerprint density at radius 3 is 2.35 bits per heavy atom. The molecule has 2 heteroatoms. The monoisotopic (exact) mass is 269 g/mol. The molecule has 0 radical (unpaired) electrons. The van der Waals surface area contributed by atoms with Gasteiger partial charge in [-0.25, -0.2) is 0 Å². The van der Waals surface area contributed by atoms with Crippen molar-refractivity contribution in [2.24, 2.45) is 5.73 Å². The third-order valence-electron chi connectivity index (χ3n) is 4.01. The average Bonchev–Trinajstić information content (AvgIpc) is 2.44. The van der Waals surface area contributed by atoms with Crippen molar-refractivity contribution in [2.75, 3.05) is 7.11 Å². The Balaban J connectivity index is 2.32. The first-order chi connectivity index (χ1) is 9.54. The van der Waals surface area contributed by atoms with Crippen LogP contribution in [0.1, 0.15) is 33.9 Å². The first-order valence-corrected chi connectivity index (χ1v) is 6.98. The van der Waals surface area contributed by atoms with E-state index in [-0.39, 0.29) is 6.04 Å². The summed E-state index contributed by atoms with van der Waals surface area (Å²) in [5.41, 5.74) is 12.5. The molecule has 0 saturated carbocycles. The van der Waals surface area contributed by atoms with Gasteiger partial charge in [-0.15, -0.1) is 0 Å². The zero-order chi connectivity index (χ0) is 14.7. The number of aryl methyl sites for hydroxylation is 2. The van der Waals surface area contributed by atoms with E-state index in [4.69, 9.17) is 10.5 Å². The number of nitrogens with two attached hydrogens (primary N) is 1. The average molecular weight is 269 g/mol. The summed E-state index contributed by atoms with van der Waals surface area (Å²) in [6.07, 6.45) is 0.825. The summed E-state index contributed by atoms with van der Waals surface area (Å²) >= 11 is 0. The quantitative estimate of drug-likeness (QED) is 0.914. The minimum atomic E-state index is -0.0506. The molecule has 20 heavy (non-hydrogen) atoms. The molecule has 0 aliphatic carbocycles. The van der Waals surface area contributed by atoms with Crippen molar-refractivity contribution in [3.05, 3.63) is 64.2 Å². The number of methoxy groups -OCH3 is 1. The van der Waals surface area contributed by atoms with E-state index in [1.807, 2.05) is 0 Å². The van der Waals surface area contributed by atoms with Gasteiger partial charge in [-0.1, -0.05) is 36.4 Å². The molecule has 2 rings (SSSR count). The fourth-order valence-corrected chi connectivity index (χ4v) is 2.56. The largest absolute Gasteiger partial charge is 0.496 e. The molecular weight excluding hydrogens is 246 g/mol. The molecule has 0 amide bonds. The van der Waals surface area contributed by atoms with Gasteiger partial charge in [0, 0.05) is 11.6 Å². The van der Waals surface area contributed by atoms with Crippen LogP contribution in [-0.4, -0.2) is 7.11 Å². The van der Waals surface area contributed by atoms with Gasteiger partial charge in [0.2, 0.25) is 0 Å². The highest BCUT2D eigenvalue weighted by Crippen LogP contribution is 2.31. The summed E-state index contributed by atoms with van der Waals surface area (Å²) in [5, 5.41) is 0. The van der Waals surface area contributed by atoms with Crippen molar-refractivity contribution in [3.63, 3.8) is 0 Å². The first-order valence-electron chi connectivity index (χ1n) is 6.98. The lowest BCUT2D eigenvalue weighted by Crippen LogP contribution is -2.15. The number of rotatable bonds is 4. The van der Waals surface area contributed by atoms with Gasteiger partial charge in [0.15, 0.2) is 0 Å². The summed E-state index contributed by atoms with van der Waals surface area (Å²) < 4.78 is 5.57. The highest BCUT2D eigenvalue weighted by Gasteiger charge is 2.16. The molecule has 1 unspecified atom stereocenters. The predicted molar refractivity (Wildman–Crippen MR) is 84.3 cm³/mol. The van der Waals surface area contributed by atoms with Crippen LogP contribution >= 0.6 is 0 Å². The topological polar surface area (TPSA) is 35.2 Å². The number of ether oxygens (including phenoxy) is 1. The van der Waals surface area contributed by atoms with E-state index in [9.17, 15) is 0 Å². The van der Waals surface area contributed by atoms with Crippen LogP contribution in [0.15, 0.2) is 36.4 Å². The van der Waals surface area contributed by atoms with Crippen molar-refractivity contribution in [1.29, 1.82) is 0 Å². The molecule has 1 atom stereocenters. The second-order valence-corrected chi connectivity index (χ2v) is 5.37. The third-order valence-corrected chi connectivity index (χ3v) is 4.01. The highest BCUT2D eigenvalue weighted by molar-refractivity contribution is 5.47. The van der Waals surface area contributed by atoms with Crippen LogP contribution in [0.2, 0.25) is 0 Å². The van der Waals surface area contributed by atoms with Crippen LogP contribution in [0.5, 0.6) is 5.75 Å². The molecule has 0 spiro atoms. The van der Waals surface area contributed by atoms with E-state index in [0.717, 1.165) is 17.7 Å². The van der Waals surface area contributed by atoms with Gasteiger partial charge in [-0.05, 0) is 49.4 Å². The van der Waals surface area contributed by atoms with E-state index in [0.29, 0.717) is 0 Å². The molecule has 0 bridgehead atoms. The van der Waals surface area contributed by atoms with E-state index in [1.54, 1.807) is 7.11 Å². The molecule has 2 aromatic rings. The molecule has 0 aromatic heterocycles. The Kier molecular flexibility index (Phi) is 4.46. The standard InChI is InChI=1S/C18H23NO/c1-12-9-10-16(18(20-4)14(12)3)17(19)11-15-8-6-5-7-13(15)2/h5-10,17H,11,19H2,1-4H3. The number of benzene rings is 2. The summed E-state index contributed by atoms with van der Waals surface area (Å²) in [6.45, 7) is 6.30. The summed E-state index contributed by atoms with van der Waals surface area (Å²) in [6, 6.07) is 12.5. The minimum Gasteiger partial charge on any atom is -0.496 e. The molecule has 2 aromatic carbocycles. The van der Waals surface area contributed by atoms with Gasteiger partial charge >= 0.3 is 0 Å². The maximum Gasteiger partial charge on any atom is 0.126 e. The van der Waals surface area contributed by atoms with Crippen molar-refractivity contribution in [2.45, 2.75) is 33.2 Å². The fraction of sp³-hybridized carbons (Fsp3) is 0.333. The molecule has 0 heterocycles. The molecular formula is C18H23NO. The Bertz CT molecular complexity index is 604. The second kappa shape index (κ2) is 6.10. The second-order valence-electron chi connectivity index (χ2n) is 5.37. The minimum absolute atomic E-state index is 0.0506. The maximum absolute atomic E-state index is 6.41. The van der Waals surface area contributed by atoms with Crippen molar-refractivity contribution >= 4 is 0 Å². The van der Waals surface area contributed by atoms with Crippen molar-refractivity contribution < 1.29 is 4.74 Å². The van der Waals surface area contributed by atoms with Gasteiger partial charge in [0.25, 0.3) is 0 Å². The van der Waals surface area contributed by atoms with Crippen LogP contribution in [0.25, 0.3) is 0 Å². The van der Waals surface area contributed by atoms with E-state index in [1.165, 1.54) is 22.3 Å². The first kappa shape index (κ1) is 14.6. The Labute approximate surface area is 121 Å². The lowest BCUT2D eigenvalue weighted by Gasteiger charge is -2.19. The van der Waals surface area contributed by atoms with Crippen LogP contribution in [0.4, 0.5) is 0 Å². The summed E-state index contributed by atoms with van der Waals surface area (Å²) in [5.74, 6) is 0.922. The zero-order valence-electron chi connectivity index (χ0n) is 12.7. The van der Waals surface area contributed by atoms with Gasteiger partial charge in [-0.3, -0.25) is 0 Å². The van der Waals surface area contributed by atoms with Crippen LogP contribution in [0, 0.1) is 20.8 Å². The normalized spacial score (nSPS) is 12.2. The van der Waals surface area contributed by atoms with E-state index < -0.39 is 0 Å². The third kappa shape index (κ3) is 2.86. The molecule has 0 fully saturated rings. The van der Waals surface area contributed by atoms with Crippen molar-refractivity contribution in [1.82, 2.24) is 0 Å². The van der Waals surface area contributed by atoms with E-state index in [2.05, 4.69) is 57.2 Å². The van der Waals surface area contributed by atoms with Gasteiger partial charge in [0.1, 0.15) is 5.75 Å². The van der Waals surface area contributed by atoms with E-state index >= 15 is 0 Å². The smallest absolute Gasteiger partial charge is 0.126 e. The number of hydrogen-bond donors (Lipinski definition) is 1. The van der Waals surface area contributed by atoms with Crippen LogP contribution < -0.4 is 10.5 Å². The van der Waals surface area contributed by atoms with Crippen LogP contribution in [0.3, 0.4) is 0 Å². The zero-order valence-corrected chi connectivity index (χ0v) is 12.7. The maximum atomic E-state index is 6.41. The summed E-state index contributed by atoms with van der Waals surface area (Å²) in [7, 11) is 1.71. The molecule has 106 valence electrons. The Morgan fingerprint density at radius 1 is 1.00 bits per heavy atom. The molecule has 2 nitrogen and oxygen atoms in total. The molecule has 2 N–H and O–H groups in total. The Hall–Kier alpha value is -1.80. The lowest BCUT2D eigenvalue weighted by atomic mass is 9.93. The Morgan fingerprint density at radius 2 is 1.70 bits per heavy atom. The molecule has 0 aliphatic heterocycles. The van der Waals surface area contributed by atoms with Gasteiger partial charge in [-0.2, -0.15) is 0 Å². The molecule has 0 saturated heterocycles. The summed E-state index contributed by atoms with van der Waals surface area (Å²) in [4.78, 5) is 0. The number of hydrogen-bond acceptors (Lipinski definition) is 2. The van der Waals surface area contributed by atoms with Crippen molar-refractivity contribution in [3.8, 4) is 5.75 Å². The van der Waals surface area contributed by atoms with Crippen LogP contribution in [-0.2, 0) is 6.42 Å². The predicted octanol–water partition coefficient (Wildman–Crippen LogP) is 3.86. The lowest BCUT2D eigenvalue weighted by molar-refractivity contribution is 0.402. The molecule has 0 aliphatic rings. The van der Waals surface area contributed by atoms with Gasteiger partial charge < -0.3 is 10.5 Å². The SMILES string of the molecule is COc1c(C(N)Cc2ccccc2C)ccc(C)c1C. The van der Waals surface area contributed by atoms with Gasteiger partial charge in [0.05, 0.1) is 7.11 Å². The fourth-order valence-electron chi connectivity index (χ4n) is 2.56.